The average Bonchev–Trinajstić information content (AvgIpc) is 2.74. The van der Waals surface area contributed by atoms with Crippen molar-refractivity contribution in [3.63, 3.8) is 0 Å². The maximum absolute atomic E-state index is 8.46. The van der Waals surface area contributed by atoms with Gasteiger partial charge < -0.3 is 9.72 Å². The van der Waals surface area contributed by atoms with Gasteiger partial charge in [0.15, 0.2) is 6.61 Å². The molecule has 4 heteroatoms. The van der Waals surface area contributed by atoms with Gasteiger partial charge in [0, 0.05) is 23.0 Å². The molecule has 0 unspecified atom stereocenters. The summed E-state index contributed by atoms with van der Waals surface area (Å²) in [6.07, 6.45) is 1.75. The first-order valence-electron chi connectivity index (χ1n) is 5.25. The lowest BCUT2D eigenvalue weighted by Crippen LogP contribution is -1.92. The fraction of sp³-hybridized carbons (Fsp3) is 0.0769. The minimum absolute atomic E-state index is 0.0595. The first-order chi connectivity index (χ1) is 8.38. The predicted octanol–water partition coefficient (Wildman–Crippen LogP) is 2.62. The highest BCUT2D eigenvalue weighted by atomic mass is 16.5. The fourth-order valence-electron chi connectivity index (χ4n) is 1.92. The van der Waals surface area contributed by atoms with Gasteiger partial charge in [-0.05, 0) is 24.3 Å². The second-order valence-electron chi connectivity index (χ2n) is 3.68. The molecule has 0 amide bonds. The van der Waals surface area contributed by atoms with Crippen molar-refractivity contribution in [3.8, 4) is 11.8 Å². The van der Waals surface area contributed by atoms with E-state index in [4.69, 9.17) is 10.00 Å². The second kappa shape index (κ2) is 3.80. The lowest BCUT2D eigenvalue weighted by molar-refractivity contribution is 0.368. The van der Waals surface area contributed by atoms with Crippen LogP contribution in [0, 0.1) is 11.3 Å². The van der Waals surface area contributed by atoms with Crippen LogP contribution < -0.4 is 4.74 Å². The molecule has 0 atom stereocenters. The van der Waals surface area contributed by atoms with Gasteiger partial charge in [-0.1, -0.05) is 0 Å². The predicted molar refractivity (Wildman–Crippen MR) is 64.7 cm³/mol. The molecule has 3 rings (SSSR count). The van der Waals surface area contributed by atoms with Gasteiger partial charge in [-0.2, -0.15) is 5.26 Å². The largest absolute Gasteiger partial charge is 0.479 e. The standard InChI is InChI=1S/C13H9N3O/c14-5-7-17-9-3-4-10-11-2-1-6-15-13(11)16-12(10)8-9/h1-4,6,8H,7H2,(H,15,16). The van der Waals surface area contributed by atoms with Crippen molar-refractivity contribution in [2.75, 3.05) is 6.61 Å². The Labute approximate surface area is 97.5 Å². The third-order valence-corrected chi connectivity index (χ3v) is 2.65. The minimum atomic E-state index is 0.0595. The topological polar surface area (TPSA) is 61.7 Å². The van der Waals surface area contributed by atoms with Crippen LogP contribution in [0.1, 0.15) is 0 Å². The van der Waals surface area contributed by atoms with Crippen LogP contribution in [0.15, 0.2) is 36.5 Å². The van der Waals surface area contributed by atoms with E-state index in [2.05, 4.69) is 9.97 Å². The summed E-state index contributed by atoms with van der Waals surface area (Å²) < 4.78 is 5.26. The molecule has 0 fully saturated rings. The van der Waals surface area contributed by atoms with Crippen LogP contribution >= 0.6 is 0 Å². The van der Waals surface area contributed by atoms with E-state index in [1.165, 1.54) is 0 Å². The zero-order chi connectivity index (χ0) is 11.7. The smallest absolute Gasteiger partial charge is 0.174 e. The Balaban J connectivity index is 2.17. The molecule has 0 aliphatic carbocycles. The average molecular weight is 223 g/mol. The van der Waals surface area contributed by atoms with Gasteiger partial charge in [-0.15, -0.1) is 0 Å². The van der Waals surface area contributed by atoms with Crippen molar-refractivity contribution in [3.05, 3.63) is 36.5 Å². The van der Waals surface area contributed by atoms with Crippen LogP contribution in [0.5, 0.6) is 5.75 Å². The third-order valence-electron chi connectivity index (χ3n) is 2.65. The quantitative estimate of drug-likeness (QED) is 0.726. The first kappa shape index (κ1) is 9.67. The summed E-state index contributed by atoms with van der Waals surface area (Å²) in [4.78, 5) is 7.48. The third kappa shape index (κ3) is 1.58. The van der Waals surface area contributed by atoms with E-state index in [0.29, 0.717) is 5.75 Å². The summed E-state index contributed by atoms with van der Waals surface area (Å²) in [5, 5.41) is 10.7. The van der Waals surface area contributed by atoms with E-state index in [1.54, 1.807) is 6.20 Å². The Bertz CT molecular complexity index is 724. The molecule has 0 saturated carbocycles. The number of aromatic amines is 1. The number of H-pyrrole nitrogens is 1. The summed E-state index contributed by atoms with van der Waals surface area (Å²) in [5.41, 5.74) is 1.83. The monoisotopic (exact) mass is 223 g/mol. The normalized spacial score (nSPS) is 10.5. The molecule has 82 valence electrons. The highest BCUT2D eigenvalue weighted by molar-refractivity contribution is 6.06. The molecule has 3 aromatic rings. The molecule has 0 aliphatic rings. The van der Waals surface area contributed by atoms with Crippen LogP contribution in [0.3, 0.4) is 0 Å². The van der Waals surface area contributed by atoms with Crippen molar-refractivity contribution in [1.82, 2.24) is 9.97 Å². The van der Waals surface area contributed by atoms with Crippen LogP contribution in [0.4, 0.5) is 0 Å². The van der Waals surface area contributed by atoms with Crippen molar-refractivity contribution in [2.24, 2.45) is 0 Å². The van der Waals surface area contributed by atoms with Crippen molar-refractivity contribution < 1.29 is 4.74 Å². The Morgan fingerprint density at radius 3 is 3.12 bits per heavy atom. The van der Waals surface area contributed by atoms with E-state index in [0.717, 1.165) is 21.9 Å². The number of hydrogen-bond acceptors (Lipinski definition) is 3. The number of aromatic nitrogens is 2. The van der Waals surface area contributed by atoms with Crippen molar-refractivity contribution in [2.45, 2.75) is 0 Å². The molecular formula is C13H9N3O. The lowest BCUT2D eigenvalue weighted by Gasteiger charge is -2.00. The molecule has 0 bridgehead atoms. The fourth-order valence-corrected chi connectivity index (χ4v) is 1.92. The molecular weight excluding hydrogens is 214 g/mol. The highest BCUT2D eigenvalue weighted by Gasteiger charge is 2.05. The van der Waals surface area contributed by atoms with Gasteiger partial charge >= 0.3 is 0 Å². The lowest BCUT2D eigenvalue weighted by atomic mass is 10.2. The van der Waals surface area contributed by atoms with Gasteiger partial charge in [-0.25, -0.2) is 4.98 Å². The molecule has 1 aromatic carbocycles. The number of ether oxygens (including phenoxy) is 1. The summed E-state index contributed by atoms with van der Waals surface area (Å²) >= 11 is 0. The Morgan fingerprint density at radius 2 is 2.24 bits per heavy atom. The maximum Gasteiger partial charge on any atom is 0.174 e. The zero-order valence-corrected chi connectivity index (χ0v) is 8.97. The molecule has 2 aromatic heterocycles. The van der Waals surface area contributed by atoms with Crippen LogP contribution in [-0.4, -0.2) is 16.6 Å². The van der Waals surface area contributed by atoms with Gasteiger partial charge in [0.25, 0.3) is 0 Å². The van der Waals surface area contributed by atoms with E-state index < -0.39 is 0 Å². The Morgan fingerprint density at radius 1 is 1.29 bits per heavy atom. The summed E-state index contributed by atoms with van der Waals surface area (Å²) in [7, 11) is 0. The SMILES string of the molecule is N#CCOc1ccc2c(c1)[nH]c1ncccc12. The molecule has 0 radical (unpaired) electrons. The number of nitrogens with zero attached hydrogens (tertiary/aromatic N) is 2. The summed E-state index contributed by atoms with van der Waals surface area (Å²) in [5.74, 6) is 0.686. The molecule has 17 heavy (non-hydrogen) atoms. The van der Waals surface area contributed by atoms with Gasteiger partial charge in [0.05, 0.1) is 5.52 Å². The Hall–Kier alpha value is -2.54. The van der Waals surface area contributed by atoms with E-state index >= 15 is 0 Å². The number of hydrogen-bond donors (Lipinski definition) is 1. The number of nitriles is 1. The molecule has 0 spiro atoms. The number of benzene rings is 1. The molecule has 0 saturated heterocycles. The zero-order valence-electron chi connectivity index (χ0n) is 8.97. The van der Waals surface area contributed by atoms with Crippen LogP contribution in [0.25, 0.3) is 21.9 Å². The molecule has 4 nitrogen and oxygen atoms in total. The first-order valence-corrected chi connectivity index (χ1v) is 5.25. The van der Waals surface area contributed by atoms with Crippen molar-refractivity contribution in [1.29, 1.82) is 5.26 Å². The number of fused-ring (bicyclic) bond motifs is 3. The van der Waals surface area contributed by atoms with E-state index in [1.807, 2.05) is 36.4 Å². The maximum atomic E-state index is 8.46. The van der Waals surface area contributed by atoms with E-state index in [9.17, 15) is 0 Å². The van der Waals surface area contributed by atoms with Crippen molar-refractivity contribution >= 4 is 21.9 Å². The van der Waals surface area contributed by atoms with Gasteiger partial charge in [0.1, 0.15) is 17.5 Å². The number of nitrogens with one attached hydrogen (secondary N) is 1. The van der Waals surface area contributed by atoms with Gasteiger partial charge in [0.2, 0.25) is 0 Å². The Kier molecular flexibility index (Phi) is 2.16. The van der Waals surface area contributed by atoms with E-state index in [-0.39, 0.29) is 6.61 Å². The van der Waals surface area contributed by atoms with Gasteiger partial charge in [-0.3, -0.25) is 0 Å². The molecule has 0 aliphatic heterocycles. The summed E-state index contributed by atoms with van der Waals surface area (Å²) in [6, 6.07) is 11.6. The number of pyridine rings is 1. The van der Waals surface area contributed by atoms with Crippen LogP contribution in [-0.2, 0) is 0 Å². The van der Waals surface area contributed by atoms with Crippen LogP contribution in [0.2, 0.25) is 0 Å². The molecule has 2 heterocycles. The summed E-state index contributed by atoms with van der Waals surface area (Å²) in [6.45, 7) is 0.0595. The molecule has 1 N–H and O–H groups in total. The number of rotatable bonds is 2. The minimum Gasteiger partial charge on any atom is -0.479 e. The highest BCUT2D eigenvalue weighted by Crippen LogP contribution is 2.26. The second-order valence-corrected chi connectivity index (χ2v) is 3.68.